The molecule has 0 aromatic heterocycles. The van der Waals surface area contributed by atoms with Crippen molar-refractivity contribution in [3.05, 3.63) is 33.6 Å². The number of halogens is 1. The number of nitrogens with zero attached hydrogens (tertiary/aromatic N) is 1. The largest absolute Gasteiger partial charge is 0.306 e. The van der Waals surface area contributed by atoms with Gasteiger partial charge in [0.25, 0.3) is 0 Å². The van der Waals surface area contributed by atoms with E-state index in [0.29, 0.717) is 0 Å². The Labute approximate surface area is 117 Å². The second-order valence-corrected chi connectivity index (χ2v) is 7.45. The van der Waals surface area contributed by atoms with Crippen LogP contribution in [0.15, 0.2) is 17.0 Å². The molecule has 112 valence electrons. The van der Waals surface area contributed by atoms with Crippen molar-refractivity contribution in [2.45, 2.75) is 32.6 Å². The van der Waals surface area contributed by atoms with Gasteiger partial charge in [-0.3, -0.25) is 10.1 Å². The Balaban J connectivity index is 3.25. The average molecular weight is 304 g/mol. The van der Waals surface area contributed by atoms with Crippen molar-refractivity contribution in [2.24, 2.45) is 5.41 Å². The van der Waals surface area contributed by atoms with Gasteiger partial charge in [-0.05, 0) is 24.0 Å². The number of rotatable bonds is 4. The van der Waals surface area contributed by atoms with Crippen LogP contribution < -0.4 is 4.72 Å². The molecular formula is C12H17FN2O4S. The third-order valence-corrected chi connectivity index (χ3v) is 4.07. The van der Waals surface area contributed by atoms with Crippen LogP contribution in [0.1, 0.15) is 26.3 Å². The molecule has 1 rings (SSSR count). The molecule has 6 nitrogen and oxygen atoms in total. The van der Waals surface area contributed by atoms with Gasteiger partial charge in [-0.25, -0.2) is 13.1 Å². The van der Waals surface area contributed by atoms with Crippen molar-refractivity contribution in [3.8, 4) is 0 Å². The summed E-state index contributed by atoms with van der Waals surface area (Å²) in [4.78, 5) is 9.45. The van der Waals surface area contributed by atoms with Crippen LogP contribution in [0.3, 0.4) is 0 Å². The SMILES string of the molecule is Cc1cc(F)c([N+](=O)[O-])cc1S(=O)(=O)NCC(C)(C)C. The van der Waals surface area contributed by atoms with Gasteiger partial charge in [-0.2, -0.15) is 4.39 Å². The van der Waals surface area contributed by atoms with Crippen LogP contribution in [0.2, 0.25) is 0 Å². The van der Waals surface area contributed by atoms with Crippen molar-refractivity contribution < 1.29 is 17.7 Å². The molecule has 0 bridgehead atoms. The third kappa shape index (κ3) is 3.97. The van der Waals surface area contributed by atoms with Crippen LogP contribution in [-0.2, 0) is 10.0 Å². The monoisotopic (exact) mass is 304 g/mol. The number of nitro benzene ring substituents is 1. The van der Waals surface area contributed by atoms with E-state index in [9.17, 15) is 22.9 Å². The second kappa shape index (κ2) is 5.45. The standard InChI is InChI=1S/C12H17FN2O4S/c1-8-5-9(13)10(15(16)17)6-11(8)20(18,19)14-7-12(2,3)4/h5-6,14H,7H2,1-4H3. The van der Waals surface area contributed by atoms with E-state index in [4.69, 9.17) is 0 Å². The van der Waals surface area contributed by atoms with E-state index < -0.39 is 26.5 Å². The van der Waals surface area contributed by atoms with Crippen molar-refractivity contribution in [2.75, 3.05) is 6.54 Å². The maximum Gasteiger partial charge on any atom is 0.306 e. The fourth-order valence-electron chi connectivity index (χ4n) is 1.46. The fraction of sp³-hybridized carbons (Fsp3) is 0.500. The normalized spacial score (nSPS) is 12.4. The van der Waals surface area contributed by atoms with Gasteiger partial charge in [-0.15, -0.1) is 0 Å². The first-order valence-corrected chi connectivity index (χ1v) is 7.36. The van der Waals surface area contributed by atoms with E-state index >= 15 is 0 Å². The van der Waals surface area contributed by atoms with E-state index in [2.05, 4.69) is 4.72 Å². The van der Waals surface area contributed by atoms with Gasteiger partial charge in [0.1, 0.15) is 0 Å². The highest BCUT2D eigenvalue weighted by Gasteiger charge is 2.25. The fourth-order valence-corrected chi connectivity index (χ4v) is 2.99. The lowest BCUT2D eigenvalue weighted by atomic mass is 9.98. The second-order valence-electron chi connectivity index (χ2n) is 5.71. The van der Waals surface area contributed by atoms with Gasteiger partial charge >= 0.3 is 5.69 Å². The summed E-state index contributed by atoms with van der Waals surface area (Å²) >= 11 is 0. The summed E-state index contributed by atoms with van der Waals surface area (Å²) in [6, 6.07) is 1.60. The van der Waals surface area contributed by atoms with E-state index in [1.165, 1.54) is 6.92 Å². The molecule has 0 heterocycles. The Morgan fingerprint density at radius 1 is 1.35 bits per heavy atom. The van der Waals surface area contributed by atoms with E-state index in [0.717, 1.165) is 12.1 Å². The molecule has 8 heteroatoms. The molecule has 1 aromatic rings. The summed E-state index contributed by atoms with van der Waals surface area (Å²) in [5.41, 5.74) is -1.02. The van der Waals surface area contributed by atoms with Gasteiger partial charge in [0.15, 0.2) is 0 Å². The molecule has 0 aliphatic heterocycles. The van der Waals surface area contributed by atoms with Crippen LogP contribution in [0.4, 0.5) is 10.1 Å². The summed E-state index contributed by atoms with van der Waals surface area (Å²) < 4.78 is 40.0. The van der Waals surface area contributed by atoms with E-state index in [1.54, 1.807) is 0 Å². The first kappa shape index (κ1) is 16.5. The molecular weight excluding hydrogens is 287 g/mol. The maximum absolute atomic E-state index is 13.4. The van der Waals surface area contributed by atoms with Crippen LogP contribution >= 0.6 is 0 Å². The lowest BCUT2D eigenvalue weighted by Gasteiger charge is -2.19. The minimum atomic E-state index is -3.92. The lowest BCUT2D eigenvalue weighted by Crippen LogP contribution is -2.32. The molecule has 0 amide bonds. The van der Waals surface area contributed by atoms with Gasteiger partial charge in [-0.1, -0.05) is 20.8 Å². The van der Waals surface area contributed by atoms with Crippen molar-refractivity contribution in [1.29, 1.82) is 0 Å². The predicted molar refractivity (Wildman–Crippen MR) is 72.4 cm³/mol. The molecule has 20 heavy (non-hydrogen) atoms. The van der Waals surface area contributed by atoms with Gasteiger partial charge in [0, 0.05) is 12.6 Å². The highest BCUT2D eigenvalue weighted by atomic mass is 32.2. The quantitative estimate of drug-likeness (QED) is 0.683. The first-order chi connectivity index (χ1) is 8.94. The van der Waals surface area contributed by atoms with Crippen molar-refractivity contribution in [1.82, 2.24) is 4.72 Å². The molecule has 0 aliphatic carbocycles. The smallest absolute Gasteiger partial charge is 0.258 e. The van der Waals surface area contributed by atoms with Crippen LogP contribution in [0, 0.1) is 28.3 Å². The highest BCUT2D eigenvalue weighted by Crippen LogP contribution is 2.25. The molecule has 0 saturated heterocycles. The van der Waals surface area contributed by atoms with Crippen LogP contribution in [0.25, 0.3) is 0 Å². The number of hydrogen-bond donors (Lipinski definition) is 1. The molecule has 1 N–H and O–H groups in total. The number of benzene rings is 1. The Morgan fingerprint density at radius 2 is 1.90 bits per heavy atom. The number of nitrogens with one attached hydrogen (secondary N) is 1. The van der Waals surface area contributed by atoms with E-state index in [-0.39, 0.29) is 22.4 Å². The van der Waals surface area contributed by atoms with Crippen molar-refractivity contribution >= 4 is 15.7 Å². The van der Waals surface area contributed by atoms with Crippen molar-refractivity contribution in [3.63, 3.8) is 0 Å². The topological polar surface area (TPSA) is 89.3 Å². The molecule has 0 fully saturated rings. The summed E-state index contributed by atoms with van der Waals surface area (Å²) in [7, 11) is -3.92. The number of hydrogen-bond acceptors (Lipinski definition) is 4. The molecule has 0 spiro atoms. The highest BCUT2D eigenvalue weighted by molar-refractivity contribution is 7.89. The summed E-state index contributed by atoms with van der Waals surface area (Å²) in [6.45, 7) is 7.08. The van der Waals surface area contributed by atoms with Crippen LogP contribution in [-0.4, -0.2) is 19.9 Å². The summed E-state index contributed by atoms with van der Waals surface area (Å²) in [6.07, 6.45) is 0. The predicted octanol–water partition coefficient (Wildman–Crippen LogP) is 2.37. The minimum Gasteiger partial charge on any atom is -0.258 e. The molecule has 0 aliphatic rings. The molecule has 0 radical (unpaired) electrons. The minimum absolute atomic E-state index is 0.120. The number of sulfonamides is 1. The zero-order chi connectivity index (χ0) is 15.7. The Kier molecular flexibility index (Phi) is 4.50. The molecule has 0 saturated carbocycles. The third-order valence-electron chi connectivity index (χ3n) is 2.52. The van der Waals surface area contributed by atoms with Gasteiger partial charge in [0.05, 0.1) is 9.82 Å². The summed E-state index contributed by atoms with van der Waals surface area (Å²) in [5, 5.41) is 10.7. The zero-order valence-corrected chi connectivity index (χ0v) is 12.5. The zero-order valence-electron chi connectivity index (χ0n) is 11.7. The Bertz CT molecular complexity index is 636. The maximum atomic E-state index is 13.4. The van der Waals surface area contributed by atoms with Gasteiger partial charge < -0.3 is 0 Å². The Morgan fingerprint density at radius 3 is 2.35 bits per heavy atom. The van der Waals surface area contributed by atoms with Crippen LogP contribution in [0.5, 0.6) is 0 Å². The molecule has 1 aromatic carbocycles. The number of aryl methyl sites for hydroxylation is 1. The van der Waals surface area contributed by atoms with E-state index in [1.807, 2.05) is 20.8 Å². The number of nitro groups is 1. The van der Waals surface area contributed by atoms with Gasteiger partial charge in [0.2, 0.25) is 15.8 Å². The first-order valence-electron chi connectivity index (χ1n) is 5.88. The average Bonchev–Trinajstić information content (AvgIpc) is 2.24. The summed E-state index contributed by atoms with van der Waals surface area (Å²) in [5.74, 6) is -1.05. The molecule has 0 atom stereocenters. The Hall–Kier alpha value is -1.54. The molecule has 0 unspecified atom stereocenters. The lowest BCUT2D eigenvalue weighted by molar-refractivity contribution is -0.387.